The van der Waals surface area contributed by atoms with Gasteiger partial charge in [-0.25, -0.2) is 0 Å². The number of nitrogens with two attached hydrogens (primary N) is 1. The van der Waals surface area contributed by atoms with Gasteiger partial charge in [-0.05, 0) is 6.07 Å². The number of rotatable bonds is 7. The average Bonchev–Trinajstić information content (AvgIpc) is 2.48. The van der Waals surface area contributed by atoms with Crippen molar-refractivity contribution in [3.05, 3.63) is 12.1 Å². The molecule has 112 valence electrons. The topological polar surface area (TPSA) is 75.8 Å². The highest BCUT2D eigenvalue weighted by Gasteiger charge is 2.17. The molecular weight excluding hydrogens is 260 g/mol. The Hall–Kier alpha value is -1.53. The van der Waals surface area contributed by atoms with E-state index < -0.39 is 0 Å². The molecule has 1 aliphatic rings. The number of anilines is 1. The van der Waals surface area contributed by atoms with Crippen LogP contribution in [-0.2, 0) is 9.47 Å². The van der Waals surface area contributed by atoms with Gasteiger partial charge in [0.2, 0.25) is 11.8 Å². The number of ether oxygens (including phenoxy) is 4. The van der Waals surface area contributed by atoms with Crippen molar-refractivity contribution in [3.8, 4) is 11.8 Å². The molecule has 6 heteroatoms. The molecule has 2 rings (SSSR count). The van der Waals surface area contributed by atoms with Crippen LogP contribution >= 0.6 is 0 Å². The van der Waals surface area contributed by atoms with E-state index in [-0.39, 0.29) is 6.10 Å². The molecule has 0 aliphatic carbocycles. The Morgan fingerprint density at radius 1 is 1.30 bits per heavy atom. The zero-order chi connectivity index (χ0) is 14.2. The van der Waals surface area contributed by atoms with Gasteiger partial charge in [0.05, 0.1) is 25.5 Å². The number of methoxy groups -OCH3 is 1. The molecule has 0 bridgehead atoms. The lowest BCUT2D eigenvalue weighted by Crippen LogP contribution is -2.26. The lowest BCUT2D eigenvalue weighted by molar-refractivity contribution is 0.0238. The number of nitrogen functional groups attached to an aromatic ring is 1. The van der Waals surface area contributed by atoms with Crippen LogP contribution in [0.25, 0.3) is 0 Å². The van der Waals surface area contributed by atoms with Gasteiger partial charge in [0.15, 0.2) is 0 Å². The molecular formula is C14H22N2O4. The first kappa shape index (κ1) is 14.9. The first-order valence-electron chi connectivity index (χ1n) is 6.92. The van der Waals surface area contributed by atoms with Gasteiger partial charge in [-0.15, -0.1) is 0 Å². The minimum Gasteiger partial charge on any atom is -0.477 e. The van der Waals surface area contributed by atoms with Crippen molar-refractivity contribution in [1.29, 1.82) is 0 Å². The van der Waals surface area contributed by atoms with Crippen LogP contribution in [0.4, 0.5) is 5.69 Å². The summed E-state index contributed by atoms with van der Waals surface area (Å²) < 4.78 is 21.6. The smallest absolute Gasteiger partial charge is 0.240 e. The van der Waals surface area contributed by atoms with Crippen molar-refractivity contribution in [2.75, 3.05) is 39.3 Å². The SMILES string of the molecule is COCCCOc1ccc(N)c(OC2CCOCC2)n1. The standard InChI is InChI=1S/C14H22N2O4/c1-17-7-2-8-19-13-4-3-12(15)14(16-13)20-11-5-9-18-10-6-11/h3-4,11H,2,5-10,15H2,1H3. The zero-order valence-electron chi connectivity index (χ0n) is 11.8. The first-order chi connectivity index (χ1) is 9.79. The number of pyridine rings is 1. The van der Waals surface area contributed by atoms with Crippen LogP contribution in [0.3, 0.4) is 0 Å². The summed E-state index contributed by atoms with van der Waals surface area (Å²) in [5.74, 6) is 0.971. The molecule has 1 fully saturated rings. The molecule has 6 nitrogen and oxygen atoms in total. The molecule has 0 spiro atoms. The molecule has 0 aromatic carbocycles. The quantitative estimate of drug-likeness (QED) is 0.766. The number of hydrogen-bond donors (Lipinski definition) is 1. The Kier molecular flexibility index (Phi) is 5.88. The largest absolute Gasteiger partial charge is 0.477 e. The number of nitrogens with zero attached hydrogens (tertiary/aromatic N) is 1. The second-order valence-electron chi connectivity index (χ2n) is 4.67. The van der Waals surface area contributed by atoms with Gasteiger partial charge in [0, 0.05) is 39.0 Å². The number of aromatic nitrogens is 1. The highest BCUT2D eigenvalue weighted by Crippen LogP contribution is 2.25. The summed E-state index contributed by atoms with van der Waals surface area (Å²) in [6.07, 6.45) is 2.65. The fourth-order valence-corrected chi connectivity index (χ4v) is 1.94. The maximum Gasteiger partial charge on any atom is 0.240 e. The predicted octanol–water partition coefficient (Wildman–Crippen LogP) is 1.64. The third-order valence-electron chi connectivity index (χ3n) is 3.05. The summed E-state index contributed by atoms with van der Waals surface area (Å²) in [6, 6.07) is 3.51. The lowest BCUT2D eigenvalue weighted by atomic mass is 10.1. The van der Waals surface area contributed by atoms with E-state index in [1.54, 1.807) is 19.2 Å². The van der Waals surface area contributed by atoms with Gasteiger partial charge in [-0.3, -0.25) is 0 Å². The molecule has 1 aromatic heterocycles. The van der Waals surface area contributed by atoms with Crippen LogP contribution in [0, 0.1) is 0 Å². The molecule has 0 amide bonds. The Morgan fingerprint density at radius 2 is 2.10 bits per heavy atom. The van der Waals surface area contributed by atoms with Crippen LogP contribution in [0.2, 0.25) is 0 Å². The molecule has 20 heavy (non-hydrogen) atoms. The summed E-state index contributed by atoms with van der Waals surface area (Å²) in [7, 11) is 1.67. The average molecular weight is 282 g/mol. The van der Waals surface area contributed by atoms with Gasteiger partial charge in [0.1, 0.15) is 6.10 Å². The van der Waals surface area contributed by atoms with Crippen molar-refractivity contribution >= 4 is 5.69 Å². The molecule has 0 atom stereocenters. The van der Waals surface area contributed by atoms with Crippen molar-refractivity contribution < 1.29 is 18.9 Å². The second-order valence-corrected chi connectivity index (χ2v) is 4.67. The Bertz CT molecular complexity index is 408. The Morgan fingerprint density at radius 3 is 2.85 bits per heavy atom. The molecule has 2 heterocycles. The van der Waals surface area contributed by atoms with Gasteiger partial charge >= 0.3 is 0 Å². The summed E-state index contributed by atoms with van der Waals surface area (Å²) in [4.78, 5) is 4.31. The first-order valence-corrected chi connectivity index (χ1v) is 6.92. The molecule has 2 N–H and O–H groups in total. The summed E-state index contributed by atoms with van der Waals surface area (Å²) in [5, 5.41) is 0. The van der Waals surface area contributed by atoms with Crippen molar-refractivity contribution in [2.24, 2.45) is 0 Å². The van der Waals surface area contributed by atoms with Crippen molar-refractivity contribution in [1.82, 2.24) is 4.98 Å². The van der Waals surface area contributed by atoms with Crippen LogP contribution < -0.4 is 15.2 Å². The van der Waals surface area contributed by atoms with E-state index in [0.29, 0.717) is 30.7 Å². The Balaban J connectivity index is 1.90. The highest BCUT2D eigenvalue weighted by atomic mass is 16.5. The van der Waals surface area contributed by atoms with E-state index in [2.05, 4.69) is 4.98 Å². The molecule has 1 aromatic rings. The minimum absolute atomic E-state index is 0.113. The molecule has 0 saturated carbocycles. The summed E-state index contributed by atoms with van der Waals surface area (Å²) >= 11 is 0. The third kappa shape index (κ3) is 4.54. The van der Waals surface area contributed by atoms with E-state index in [1.807, 2.05) is 0 Å². The lowest BCUT2D eigenvalue weighted by Gasteiger charge is -2.23. The van der Waals surface area contributed by atoms with Crippen molar-refractivity contribution in [3.63, 3.8) is 0 Å². The predicted molar refractivity (Wildman–Crippen MR) is 75.1 cm³/mol. The maximum atomic E-state index is 5.89. The summed E-state index contributed by atoms with van der Waals surface area (Å²) in [6.45, 7) is 2.66. The summed E-state index contributed by atoms with van der Waals surface area (Å²) in [5.41, 5.74) is 6.42. The van der Waals surface area contributed by atoms with Gasteiger partial charge in [-0.2, -0.15) is 4.98 Å². The second kappa shape index (κ2) is 7.91. The van der Waals surface area contributed by atoms with Crippen LogP contribution in [-0.4, -0.2) is 44.6 Å². The van der Waals surface area contributed by atoms with Gasteiger partial charge < -0.3 is 24.7 Å². The molecule has 1 aliphatic heterocycles. The van der Waals surface area contributed by atoms with E-state index >= 15 is 0 Å². The van der Waals surface area contributed by atoms with E-state index in [9.17, 15) is 0 Å². The molecule has 1 saturated heterocycles. The Labute approximate surface area is 119 Å². The van der Waals surface area contributed by atoms with Gasteiger partial charge in [0.25, 0.3) is 0 Å². The van der Waals surface area contributed by atoms with E-state index in [0.717, 1.165) is 32.5 Å². The minimum atomic E-state index is 0.113. The fourth-order valence-electron chi connectivity index (χ4n) is 1.94. The van der Waals surface area contributed by atoms with Crippen LogP contribution in [0.5, 0.6) is 11.8 Å². The molecule has 0 radical (unpaired) electrons. The van der Waals surface area contributed by atoms with Gasteiger partial charge in [-0.1, -0.05) is 0 Å². The third-order valence-corrected chi connectivity index (χ3v) is 3.05. The molecule has 0 unspecified atom stereocenters. The fraction of sp³-hybridized carbons (Fsp3) is 0.643. The maximum absolute atomic E-state index is 5.89. The number of hydrogen-bond acceptors (Lipinski definition) is 6. The van der Waals surface area contributed by atoms with Crippen molar-refractivity contribution in [2.45, 2.75) is 25.4 Å². The van der Waals surface area contributed by atoms with E-state index in [1.165, 1.54) is 0 Å². The zero-order valence-corrected chi connectivity index (χ0v) is 11.8. The van der Waals surface area contributed by atoms with E-state index in [4.69, 9.17) is 24.7 Å². The van der Waals surface area contributed by atoms with Crippen LogP contribution in [0.1, 0.15) is 19.3 Å². The monoisotopic (exact) mass is 282 g/mol. The normalized spacial score (nSPS) is 16.1. The highest BCUT2D eigenvalue weighted by molar-refractivity contribution is 5.49. The van der Waals surface area contributed by atoms with Crippen LogP contribution in [0.15, 0.2) is 12.1 Å².